The first-order valence-electron chi connectivity index (χ1n) is 9.96. The Bertz CT molecular complexity index is 1390. The van der Waals surface area contributed by atoms with Crippen molar-refractivity contribution < 1.29 is 17.9 Å². The highest BCUT2D eigenvalue weighted by molar-refractivity contribution is 7.80. The summed E-state index contributed by atoms with van der Waals surface area (Å²) in [5.74, 6) is 0.459. The minimum absolute atomic E-state index is 0.187. The molecule has 0 bridgehead atoms. The standard InChI is InChI=1S/C22H14Cl2F3N7OS/c23-15-9-18(24)20(28-11-15)31-21(36)32-30-10-13-1-3-14(4-2-13)19-29-12-34(33-19)16-5-7-17(8-6-16)35-22(25,26)27/h1-12H,(H2,28,31,32,36)/b30-10+. The lowest BCUT2D eigenvalue weighted by Crippen LogP contribution is -2.24. The number of anilines is 1. The average molecular weight is 552 g/mol. The highest BCUT2D eigenvalue weighted by atomic mass is 35.5. The zero-order valence-electron chi connectivity index (χ0n) is 17.9. The summed E-state index contributed by atoms with van der Waals surface area (Å²) < 4.78 is 42.3. The van der Waals surface area contributed by atoms with E-state index in [2.05, 4.69) is 35.6 Å². The maximum Gasteiger partial charge on any atom is 0.573 e. The predicted molar refractivity (Wildman–Crippen MR) is 135 cm³/mol. The first-order valence-corrected chi connectivity index (χ1v) is 11.1. The summed E-state index contributed by atoms with van der Waals surface area (Å²) >= 11 is 17.0. The molecule has 184 valence electrons. The van der Waals surface area contributed by atoms with Crippen molar-refractivity contribution in [3.63, 3.8) is 0 Å². The van der Waals surface area contributed by atoms with Crippen molar-refractivity contribution in [2.75, 3.05) is 5.32 Å². The first kappa shape index (κ1) is 25.4. The summed E-state index contributed by atoms with van der Waals surface area (Å²) in [6.07, 6.45) is -0.291. The molecule has 2 aromatic carbocycles. The number of aromatic nitrogens is 4. The van der Waals surface area contributed by atoms with Gasteiger partial charge < -0.3 is 10.1 Å². The van der Waals surface area contributed by atoms with Crippen LogP contribution in [-0.4, -0.2) is 37.4 Å². The van der Waals surface area contributed by atoms with E-state index >= 15 is 0 Å². The molecule has 0 amide bonds. The number of nitrogens with zero attached hydrogens (tertiary/aromatic N) is 5. The summed E-state index contributed by atoms with van der Waals surface area (Å²) in [6, 6.07) is 14.0. The molecule has 0 fully saturated rings. The number of alkyl halides is 3. The molecule has 4 aromatic rings. The van der Waals surface area contributed by atoms with Crippen LogP contribution in [-0.2, 0) is 0 Å². The van der Waals surface area contributed by atoms with Crippen LogP contribution >= 0.6 is 35.4 Å². The van der Waals surface area contributed by atoms with E-state index in [1.54, 1.807) is 30.5 Å². The molecule has 0 saturated carbocycles. The second-order valence-electron chi connectivity index (χ2n) is 6.98. The van der Waals surface area contributed by atoms with E-state index in [4.69, 9.17) is 35.4 Å². The van der Waals surface area contributed by atoms with Gasteiger partial charge in [0, 0.05) is 11.8 Å². The second-order valence-corrected chi connectivity index (χ2v) is 8.24. The third-order valence-corrected chi connectivity index (χ3v) is 5.10. The zero-order valence-corrected chi connectivity index (χ0v) is 20.2. The molecule has 2 heterocycles. The molecule has 0 aliphatic heterocycles. The Kier molecular flexibility index (Phi) is 7.67. The topological polar surface area (TPSA) is 89.2 Å². The van der Waals surface area contributed by atoms with Gasteiger partial charge in [0.05, 0.1) is 21.9 Å². The third-order valence-electron chi connectivity index (χ3n) is 4.42. The number of hydrogen-bond acceptors (Lipinski definition) is 6. The van der Waals surface area contributed by atoms with Crippen LogP contribution < -0.4 is 15.5 Å². The Balaban J connectivity index is 1.34. The fourth-order valence-corrected chi connectivity index (χ4v) is 3.42. The van der Waals surface area contributed by atoms with Gasteiger partial charge in [0.15, 0.2) is 16.8 Å². The van der Waals surface area contributed by atoms with Crippen LogP contribution in [0, 0.1) is 0 Å². The number of hydrazone groups is 1. The van der Waals surface area contributed by atoms with E-state index in [9.17, 15) is 13.2 Å². The van der Waals surface area contributed by atoms with Crippen molar-refractivity contribution in [3.05, 3.63) is 82.7 Å². The molecule has 0 spiro atoms. The molecule has 2 aromatic heterocycles. The normalized spacial score (nSPS) is 11.5. The first-order chi connectivity index (χ1) is 17.2. The predicted octanol–water partition coefficient (Wildman–Crippen LogP) is 5.86. The summed E-state index contributed by atoms with van der Waals surface area (Å²) in [6.45, 7) is 0. The maximum absolute atomic E-state index is 12.3. The number of ether oxygens (including phenoxy) is 1. The molecule has 0 aliphatic rings. The minimum Gasteiger partial charge on any atom is -0.406 e. The minimum atomic E-state index is -4.75. The van der Waals surface area contributed by atoms with E-state index < -0.39 is 6.36 Å². The Morgan fingerprint density at radius 3 is 2.44 bits per heavy atom. The maximum atomic E-state index is 12.3. The lowest BCUT2D eigenvalue weighted by molar-refractivity contribution is -0.274. The molecule has 14 heteroatoms. The van der Waals surface area contributed by atoms with Gasteiger partial charge in [-0.05, 0) is 48.1 Å². The fourth-order valence-electron chi connectivity index (χ4n) is 2.85. The number of hydrogen-bond donors (Lipinski definition) is 2. The highest BCUT2D eigenvalue weighted by Gasteiger charge is 2.31. The SMILES string of the molecule is FC(F)(F)Oc1ccc(-n2cnc(-c3ccc(/C=N/NC(=S)Nc4ncc(Cl)cc4Cl)cc3)n2)cc1. The molecule has 0 radical (unpaired) electrons. The van der Waals surface area contributed by atoms with Crippen molar-refractivity contribution in [2.24, 2.45) is 5.10 Å². The van der Waals surface area contributed by atoms with Crippen LogP contribution in [0.15, 0.2) is 72.2 Å². The summed E-state index contributed by atoms with van der Waals surface area (Å²) in [7, 11) is 0. The Morgan fingerprint density at radius 2 is 1.78 bits per heavy atom. The van der Waals surface area contributed by atoms with Crippen molar-refractivity contribution in [1.29, 1.82) is 0 Å². The van der Waals surface area contributed by atoms with Crippen molar-refractivity contribution in [2.45, 2.75) is 6.36 Å². The van der Waals surface area contributed by atoms with E-state index in [0.29, 0.717) is 27.4 Å². The number of thiocarbonyl (C=S) groups is 1. The summed E-state index contributed by atoms with van der Waals surface area (Å²) in [5.41, 5.74) is 4.70. The van der Waals surface area contributed by atoms with Crippen LogP contribution in [0.5, 0.6) is 5.75 Å². The molecular weight excluding hydrogens is 538 g/mol. The average Bonchev–Trinajstić information content (AvgIpc) is 3.31. The van der Waals surface area contributed by atoms with Crippen LogP contribution in [0.3, 0.4) is 0 Å². The van der Waals surface area contributed by atoms with Gasteiger partial charge in [0.2, 0.25) is 0 Å². The molecule has 0 aliphatic carbocycles. The quantitative estimate of drug-likeness (QED) is 0.176. The number of pyridine rings is 1. The van der Waals surface area contributed by atoms with Crippen LogP contribution in [0.4, 0.5) is 19.0 Å². The lowest BCUT2D eigenvalue weighted by Gasteiger charge is -2.09. The third kappa shape index (κ3) is 6.90. The van der Waals surface area contributed by atoms with E-state index in [-0.39, 0.29) is 10.9 Å². The smallest absolute Gasteiger partial charge is 0.406 e. The van der Waals surface area contributed by atoms with Gasteiger partial charge in [-0.25, -0.2) is 14.6 Å². The fraction of sp³-hybridized carbons (Fsp3) is 0.0455. The number of nitrogens with one attached hydrogen (secondary N) is 2. The Hall–Kier alpha value is -3.74. The molecular formula is C22H14Cl2F3N7OS. The van der Waals surface area contributed by atoms with Crippen molar-refractivity contribution in [3.8, 4) is 22.8 Å². The largest absolute Gasteiger partial charge is 0.573 e. The van der Waals surface area contributed by atoms with Gasteiger partial charge in [0.25, 0.3) is 0 Å². The lowest BCUT2D eigenvalue weighted by atomic mass is 10.1. The summed E-state index contributed by atoms with van der Waals surface area (Å²) in [4.78, 5) is 8.30. The van der Waals surface area contributed by atoms with E-state index in [1.807, 2.05) is 0 Å². The molecule has 8 nitrogen and oxygen atoms in total. The Labute approximate surface area is 217 Å². The van der Waals surface area contributed by atoms with Crippen LogP contribution in [0.1, 0.15) is 5.56 Å². The van der Waals surface area contributed by atoms with E-state index in [0.717, 1.165) is 11.1 Å². The van der Waals surface area contributed by atoms with Crippen molar-refractivity contribution >= 4 is 52.6 Å². The number of halogens is 5. The van der Waals surface area contributed by atoms with Crippen molar-refractivity contribution in [1.82, 2.24) is 25.2 Å². The number of benzene rings is 2. The summed E-state index contributed by atoms with van der Waals surface area (Å²) in [5, 5.41) is 12.2. The van der Waals surface area contributed by atoms with Gasteiger partial charge in [-0.3, -0.25) is 5.43 Å². The number of rotatable bonds is 6. The molecule has 36 heavy (non-hydrogen) atoms. The van der Waals surface area contributed by atoms with Gasteiger partial charge in [-0.2, -0.15) is 5.10 Å². The molecule has 0 saturated heterocycles. The van der Waals surface area contributed by atoms with Gasteiger partial charge >= 0.3 is 6.36 Å². The zero-order chi connectivity index (χ0) is 25.7. The Morgan fingerprint density at radius 1 is 1.06 bits per heavy atom. The highest BCUT2D eigenvalue weighted by Crippen LogP contribution is 2.24. The van der Waals surface area contributed by atoms with Crippen LogP contribution in [0.25, 0.3) is 17.1 Å². The molecule has 2 N–H and O–H groups in total. The van der Waals surface area contributed by atoms with Crippen LogP contribution in [0.2, 0.25) is 10.0 Å². The van der Waals surface area contributed by atoms with Gasteiger partial charge in [-0.1, -0.05) is 47.5 Å². The second kappa shape index (κ2) is 10.9. The van der Waals surface area contributed by atoms with Gasteiger partial charge in [0.1, 0.15) is 12.1 Å². The van der Waals surface area contributed by atoms with E-state index in [1.165, 1.54) is 47.5 Å². The molecule has 0 atom stereocenters. The molecule has 4 rings (SSSR count). The monoisotopic (exact) mass is 551 g/mol. The van der Waals surface area contributed by atoms with Gasteiger partial charge in [-0.15, -0.1) is 18.3 Å². The molecule has 0 unspecified atom stereocenters.